The molecule has 0 unspecified atom stereocenters. The minimum absolute atomic E-state index is 0.301. The number of hydrogen-bond donors (Lipinski definition) is 0. The third-order valence-corrected chi connectivity index (χ3v) is 3.72. The Morgan fingerprint density at radius 1 is 1.18 bits per heavy atom. The summed E-state index contributed by atoms with van der Waals surface area (Å²) in [7, 11) is 0. The summed E-state index contributed by atoms with van der Waals surface area (Å²) in [5.74, 6) is -0.301. The molecule has 0 aromatic heterocycles. The third kappa shape index (κ3) is 1.17. The summed E-state index contributed by atoms with van der Waals surface area (Å²) in [5.41, 5.74) is 0.817. The van der Waals surface area contributed by atoms with Gasteiger partial charge in [0.15, 0.2) is 5.60 Å². The lowest BCUT2D eigenvalue weighted by atomic mass is 9.71. The van der Waals surface area contributed by atoms with Gasteiger partial charge in [-0.1, -0.05) is 24.3 Å². The van der Waals surface area contributed by atoms with Crippen molar-refractivity contribution >= 4 is 0 Å². The number of benzene rings is 1. The van der Waals surface area contributed by atoms with E-state index in [1.54, 1.807) is 0 Å². The minimum atomic E-state index is -0.761. The van der Waals surface area contributed by atoms with E-state index in [2.05, 4.69) is 6.07 Å². The van der Waals surface area contributed by atoms with E-state index < -0.39 is 11.2 Å². The SMILES string of the molecule is C[C@@H](C#N)[C@]12C=C[C@](C)(OO1)c1ccccc12. The lowest BCUT2D eigenvalue weighted by molar-refractivity contribution is -0.425. The van der Waals surface area contributed by atoms with Crippen molar-refractivity contribution in [3.63, 3.8) is 0 Å². The van der Waals surface area contributed by atoms with Gasteiger partial charge in [0.1, 0.15) is 5.60 Å². The Morgan fingerprint density at radius 3 is 2.47 bits per heavy atom. The molecule has 0 saturated carbocycles. The van der Waals surface area contributed by atoms with Crippen LogP contribution in [0.15, 0.2) is 36.4 Å². The maximum atomic E-state index is 9.17. The molecule has 1 aromatic carbocycles. The van der Waals surface area contributed by atoms with E-state index in [-0.39, 0.29) is 5.92 Å². The normalized spacial score (nSPS) is 35.1. The first kappa shape index (κ1) is 10.5. The highest BCUT2D eigenvalue weighted by Crippen LogP contribution is 2.51. The first-order valence-electron chi connectivity index (χ1n) is 5.69. The number of nitrogens with zero attached hydrogens (tertiary/aromatic N) is 1. The van der Waals surface area contributed by atoms with Gasteiger partial charge in [0, 0.05) is 0 Å². The predicted molar refractivity (Wildman–Crippen MR) is 61.6 cm³/mol. The van der Waals surface area contributed by atoms with Crippen LogP contribution in [-0.4, -0.2) is 0 Å². The van der Waals surface area contributed by atoms with Crippen molar-refractivity contribution in [1.29, 1.82) is 5.26 Å². The lowest BCUT2D eigenvalue weighted by Crippen LogP contribution is -2.48. The largest absolute Gasteiger partial charge is 0.220 e. The molecule has 3 atom stereocenters. The van der Waals surface area contributed by atoms with Crippen LogP contribution >= 0.6 is 0 Å². The monoisotopic (exact) mass is 227 g/mol. The number of hydrogen-bond acceptors (Lipinski definition) is 3. The molecule has 0 radical (unpaired) electrons. The highest BCUT2D eigenvalue weighted by atomic mass is 17.2. The van der Waals surface area contributed by atoms with Gasteiger partial charge in [-0.2, -0.15) is 5.26 Å². The van der Waals surface area contributed by atoms with Crippen molar-refractivity contribution in [1.82, 2.24) is 0 Å². The van der Waals surface area contributed by atoms with Crippen molar-refractivity contribution in [3.05, 3.63) is 47.5 Å². The molecule has 86 valence electrons. The van der Waals surface area contributed by atoms with Gasteiger partial charge in [0.25, 0.3) is 0 Å². The molecular formula is C14H13NO2. The van der Waals surface area contributed by atoms with Crippen molar-refractivity contribution in [2.45, 2.75) is 25.0 Å². The summed E-state index contributed by atoms with van der Waals surface area (Å²) in [6.45, 7) is 3.81. The van der Waals surface area contributed by atoms with E-state index in [0.717, 1.165) is 11.1 Å². The second-order valence-corrected chi connectivity index (χ2v) is 4.80. The molecule has 1 aliphatic carbocycles. The molecule has 17 heavy (non-hydrogen) atoms. The Kier molecular flexibility index (Phi) is 1.97. The van der Waals surface area contributed by atoms with Crippen LogP contribution in [0.1, 0.15) is 25.0 Å². The zero-order valence-corrected chi connectivity index (χ0v) is 9.81. The van der Waals surface area contributed by atoms with E-state index in [9.17, 15) is 5.26 Å². The molecule has 0 amide bonds. The van der Waals surface area contributed by atoms with Crippen LogP contribution < -0.4 is 0 Å². The Morgan fingerprint density at radius 2 is 1.88 bits per heavy atom. The van der Waals surface area contributed by atoms with E-state index in [4.69, 9.17) is 9.78 Å². The highest BCUT2D eigenvalue weighted by molar-refractivity contribution is 5.48. The van der Waals surface area contributed by atoms with Crippen LogP contribution in [0.2, 0.25) is 0 Å². The van der Waals surface area contributed by atoms with Gasteiger partial charge >= 0.3 is 0 Å². The predicted octanol–water partition coefficient (Wildman–Crippen LogP) is 2.79. The Hall–Kier alpha value is -1.63. The molecule has 0 spiro atoms. The number of nitriles is 1. The maximum Gasteiger partial charge on any atom is 0.163 e. The average molecular weight is 227 g/mol. The molecule has 3 aliphatic rings. The summed E-state index contributed by atoms with van der Waals surface area (Å²) in [4.78, 5) is 11.0. The molecule has 3 heteroatoms. The highest BCUT2D eigenvalue weighted by Gasteiger charge is 2.52. The zero-order chi connectivity index (χ0) is 12.1. The summed E-state index contributed by atoms with van der Waals surface area (Å²) in [5, 5.41) is 9.17. The maximum absolute atomic E-state index is 9.17. The fourth-order valence-corrected chi connectivity index (χ4v) is 2.57. The quantitative estimate of drug-likeness (QED) is 0.547. The summed E-state index contributed by atoms with van der Waals surface area (Å²) >= 11 is 0. The van der Waals surface area contributed by atoms with Gasteiger partial charge < -0.3 is 0 Å². The van der Waals surface area contributed by atoms with Gasteiger partial charge in [-0.25, -0.2) is 9.78 Å². The van der Waals surface area contributed by atoms with Gasteiger partial charge in [0.05, 0.1) is 12.0 Å². The first-order chi connectivity index (χ1) is 8.12. The smallest absolute Gasteiger partial charge is 0.163 e. The van der Waals surface area contributed by atoms with Crippen LogP contribution in [-0.2, 0) is 21.0 Å². The Balaban J connectivity index is 2.28. The second kappa shape index (κ2) is 3.19. The molecule has 2 aliphatic heterocycles. The molecule has 0 fully saturated rings. The van der Waals surface area contributed by atoms with E-state index in [1.807, 2.05) is 50.3 Å². The number of fused-ring (bicyclic) bond motifs is 1. The second-order valence-electron chi connectivity index (χ2n) is 4.80. The minimum Gasteiger partial charge on any atom is -0.220 e. The van der Waals surface area contributed by atoms with E-state index in [0.29, 0.717) is 0 Å². The Bertz CT molecular complexity index is 545. The van der Waals surface area contributed by atoms with Gasteiger partial charge in [-0.05, 0) is 37.1 Å². The van der Waals surface area contributed by atoms with Gasteiger partial charge in [-0.15, -0.1) is 0 Å². The van der Waals surface area contributed by atoms with Crippen LogP contribution in [0, 0.1) is 17.2 Å². The zero-order valence-electron chi connectivity index (χ0n) is 9.81. The molecule has 2 heterocycles. The summed E-state index contributed by atoms with van der Waals surface area (Å²) in [6, 6.07) is 10.2. The summed E-state index contributed by atoms with van der Waals surface area (Å²) < 4.78 is 0. The van der Waals surface area contributed by atoms with Crippen molar-refractivity contribution in [3.8, 4) is 6.07 Å². The van der Waals surface area contributed by atoms with Crippen molar-refractivity contribution < 1.29 is 9.78 Å². The molecule has 0 N–H and O–H groups in total. The van der Waals surface area contributed by atoms with Crippen molar-refractivity contribution in [2.24, 2.45) is 5.92 Å². The molecular weight excluding hydrogens is 214 g/mol. The van der Waals surface area contributed by atoms with Crippen LogP contribution in [0.5, 0.6) is 0 Å². The molecule has 3 nitrogen and oxygen atoms in total. The molecule has 0 saturated heterocycles. The standard InChI is InChI=1S/C14H13NO2/c1-10(9-15)14-8-7-13(2,16-17-14)11-5-3-4-6-12(11)14/h3-8,10H,1-2H3/t10-,13-,14-/m0/s1. The van der Waals surface area contributed by atoms with Crippen LogP contribution in [0.3, 0.4) is 0 Å². The van der Waals surface area contributed by atoms with Crippen molar-refractivity contribution in [2.75, 3.05) is 0 Å². The first-order valence-corrected chi connectivity index (χ1v) is 5.69. The van der Waals surface area contributed by atoms with Gasteiger partial charge in [0.2, 0.25) is 0 Å². The van der Waals surface area contributed by atoms with E-state index >= 15 is 0 Å². The van der Waals surface area contributed by atoms with Gasteiger partial charge in [-0.3, -0.25) is 0 Å². The molecule has 4 rings (SSSR count). The van der Waals surface area contributed by atoms with E-state index in [1.165, 1.54) is 0 Å². The van der Waals surface area contributed by atoms with Crippen LogP contribution in [0.4, 0.5) is 0 Å². The Labute approximate surface area is 100 Å². The lowest BCUT2D eigenvalue weighted by Gasteiger charge is -2.47. The fraction of sp³-hybridized carbons (Fsp3) is 0.357. The molecule has 2 bridgehead atoms. The average Bonchev–Trinajstić information content (AvgIpc) is 2.39. The summed E-state index contributed by atoms with van der Waals surface area (Å²) in [6.07, 6.45) is 3.93. The third-order valence-electron chi connectivity index (χ3n) is 3.72. The molecule has 1 aromatic rings. The fourth-order valence-electron chi connectivity index (χ4n) is 2.57. The topological polar surface area (TPSA) is 42.2 Å². The van der Waals surface area contributed by atoms with Crippen LogP contribution in [0.25, 0.3) is 0 Å². The number of rotatable bonds is 1.